The van der Waals surface area contributed by atoms with Gasteiger partial charge < -0.3 is 9.32 Å². The Morgan fingerprint density at radius 2 is 0.675 bits per heavy atom. The molecule has 15 rings (SSSR count). The molecule has 6 nitrogen and oxygen atoms in total. The van der Waals surface area contributed by atoms with Crippen molar-refractivity contribution < 1.29 is 4.42 Å². The molecular weight excluding hydrogens is 975 g/mol. The number of nitrogens with zero attached hydrogens (tertiary/aromatic N) is 5. The molecule has 0 N–H and O–H groups in total. The van der Waals surface area contributed by atoms with Gasteiger partial charge in [-0.25, -0.2) is 9.97 Å². The Morgan fingerprint density at radius 1 is 0.275 bits per heavy atom. The summed E-state index contributed by atoms with van der Waals surface area (Å²) in [5.41, 5.74) is 21.9. The summed E-state index contributed by atoms with van der Waals surface area (Å²) in [5, 5.41) is 2.20. The standard InChI is InChI=1S/C74H49N5O/c1-5-19-52(20-6-1)73-75-71-63(32-17-34-67(71)78(73)58-27-9-3-10-28-58)56-25-15-23-54(47-56)50-37-41-60(42-38-50)77(62-45-46-66-65-31-13-14-36-69(65)80-70(66)49-62)61-43-39-51(40-44-61)55-24-16-26-57(48-55)64-33-18-35-68-72(64)76-74(53-21-7-2-8-22-53)79(68)59-29-11-4-12-30-59/h1-49H. The van der Waals surface area contributed by atoms with E-state index in [9.17, 15) is 0 Å². The molecular formula is C74H49N5O. The molecule has 80 heavy (non-hydrogen) atoms. The van der Waals surface area contributed by atoms with Gasteiger partial charge in [-0.1, -0.05) is 200 Å². The third kappa shape index (κ3) is 8.22. The van der Waals surface area contributed by atoms with E-state index in [4.69, 9.17) is 14.4 Å². The molecule has 0 aliphatic carbocycles. The summed E-state index contributed by atoms with van der Waals surface area (Å²) in [5.74, 6) is 1.82. The van der Waals surface area contributed by atoms with E-state index in [-0.39, 0.29) is 0 Å². The molecule has 0 fully saturated rings. The first-order valence-corrected chi connectivity index (χ1v) is 27.0. The van der Waals surface area contributed by atoms with Gasteiger partial charge in [-0.2, -0.15) is 0 Å². The fourth-order valence-corrected chi connectivity index (χ4v) is 11.5. The topological polar surface area (TPSA) is 52.0 Å². The highest BCUT2D eigenvalue weighted by Gasteiger charge is 2.21. The maximum Gasteiger partial charge on any atom is 0.145 e. The Balaban J connectivity index is 0.784. The number of imidazole rings is 2. The van der Waals surface area contributed by atoms with E-state index in [0.29, 0.717) is 0 Å². The summed E-state index contributed by atoms with van der Waals surface area (Å²) in [6, 6.07) is 105. The predicted octanol–water partition coefficient (Wildman–Crippen LogP) is 19.7. The molecule has 0 saturated carbocycles. The van der Waals surface area contributed by atoms with Gasteiger partial charge in [0.1, 0.15) is 22.8 Å². The van der Waals surface area contributed by atoms with Crippen molar-refractivity contribution in [3.8, 4) is 78.7 Å². The lowest BCUT2D eigenvalue weighted by Crippen LogP contribution is -2.09. The van der Waals surface area contributed by atoms with Crippen LogP contribution in [0.2, 0.25) is 0 Å². The molecule has 0 radical (unpaired) electrons. The Labute approximate surface area is 463 Å². The Bertz CT molecular complexity index is 4490. The van der Waals surface area contributed by atoms with Crippen LogP contribution in [0.3, 0.4) is 0 Å². The number of rotatable bonds is 11. The summed E-state index contributed by atoms with van der Waals surface area (Å²) in [7, 11) is 0. The highest BCUT2D eigenvalue weighted by Crippen LogP contribution is 2.42. The smallest absolute Gasteiger partial charge is 0.145 e. The summed E-state index contributed by atoms with van der Waals surface area (Å²) in [6.45, 7) is 0. The third-order valence-corrected chi connectivity index (χ3v) is 15.3. The maximum atomic E-state index is 6.49. The van der Waals surface area contributed by atoms with Crippen LogP contribution >= 0.6 is 0 Å². The van der Waals surface area contributed by atoms with Crippen molar-refractivity contribution >= 4 is 61.1 Å². The quantitative estimate of drug-likeness (QED) is 0.130. The molecule has 0 spiro atoms. The van der Waals surface area contributed by atoms with Crippen LogP contribution in [0.4, 0.5) is 17.1 Å². The number of hydrogen-bond donors (Lipinski definition) is 0. The molecule has 0 saturated heterocycles. The van der Waals surface area contributed by atoms with Gasteiger partial charge in [0.2, 0.25) is 0 Å². The molecule has 0 atom stereocenters. The lowest BCUT2D eigenvalue weighted by molar-refractivity contribution is 0.669. The number of hydrogen-bond acceptors (Lipinski definition) is 4. The number of anilines is 3. The molecule has 3 heterocycles. The van der Waals surface area contributed by atoms with E-state index in [1.807, 2.05) is 24.3 Å². The van der Waals surface area contributed by atoms with Crippen molar-refractivity contribution in [2.75, 3.05) is 4.90 Å². The Kier molecular flexibility index (Phi) is 11.4. The zero-order valence-corrected chi connectivity index (χ0v) is 43.4. The molecule has 376 valence electrons. The summed E-state index contributed by atoms with van der Waals surface area (Å²) < 4.78 is 11.0. The van der Waals surface area contributed by atoms with E-state index in [2.05, 4.69) is 287 Å². The van der Waals surface area contributed by atoms with Crippen LogP contribution in [0.15, 0.2) is 302 Å². The SMILES string of the molecule is c1ccc(-c2nc3c(-c4cccc(-c5ccc(N(c6ccc(-c7cccc(-c8cccc9c8nc(-c8ccccc8)n9-c8ccccc8)c7)cc6)c6ccc7c(c6)oc6ccccc67)cc5)c4)cccc3n2-c2ccccc2)cc1. The summed E-state index contributed by atoms with van der Waals surface area (Å²) in [6.07, 6.45) is 0. The minimum atomic E-state index is 0.842. The van der Waals surface area contributed by atoms with Crippen LogP contribution in [0.5, 0.6) is 0 Å². The number of fused-ring (bicyclic) bond motifs is 5. The van der Waals surface area contributed by atoms with Crippen molar-refractivity contribution in [1.29, 1.82) is 0 Å². The first-order valence-electron chi connectivity index (χ1n) is 27.0. The molecule has 3 aromatic heterocycles. The fourth-order valence-electron chi connectivity index (χ4n) is 11.5. The first kappa shape index (κ1) is 46.5. The zero-order chi connectivity index (χ0) is 52.9. The molecule has 0 unspecified atom stereocenters. The minimum Gasteiger partial charge on any atom is -0.456 e. The van der Waals surface area contributed by atoms with E-state index < -0.39 is 0 Å². The highest BCUT2D eigenvalue weighted by atomic mass is 16.3. The Hall–Kier alpha value is -10.8. The molecule has 0 aliphatic heterocycles. The van der Waals surface area contributed by atoms with Crippen molar-refractivity contribution in [2.45, 2.75) is 0 Å². The van der Waals surface area contributed by atoms with Crippen LogP contribution in [0, 0.1) is 0 Å². The van der Waals surface area contributed by atoms with Crippen LogP contribution < -0.4 is 4.90 Å². The second kappa shape index (κ2) is 19.6. The average molecular weight is 1020 g/mol. The van der Waals surface area contributed by atoms with Crippen LogP contribution in [-0.4, -0.2) is 19.1 Å². The number of aromatic nitrogens is 4. The van der Waals surface area contributed by atoms with E-state index >= 15 is 0 Å². The van der Waals surface area contributed by atoms with E-state index in [0.717, 1.165) is 140 Å². The van der Waals surface area contributed by atoms with Gasteiger partial charge >= 0.3 is 0 Å². The Morgan fingerprint density at radius 3 is 1.18 bits per heavy atom. The van der Waals surface area contributed by atoms with E-state index in [1.54, 1.807) is 0 Å². The molecule has 6 heteroatoms. The van der Waals surface area contributed by atoms with Crippen LogP contribution in [0.25, 0.3) is 123 Å². The first-order chi connectivity index (χ1) is 39.7. The third-order valence-electron chi connectivity index (χ3n) is 15.3. The van der Waals surface area contributed by atoms with Crippen molar-refractivity contribution in [3.63, 3.8) is 0 Å². The normalized spacial score (nSPS) is 11.5. The number of benzene rings is 12. The van der Waals surface area contributed by atoms with E-state index in [1.165, 1.54) is 0 Å². The van der Waals surface area contributed by atoms with Crippen molar-refractivity contribution in [2.24, 2.45) is 0 Å². The second-order valence-electron chi connectivity index (χ2n) is 20.2. The number of furan rings is 1. The van der Waals surface area contributed by atoms with Crippen molar-refractivity contribution in [3.05, 3.63) is 297 Å². The van der Waals surface area contributed by atoms with Gasteiger partial charge in [0.05, 0.1) is 22.1 Å². The average Bonchev–Trinajstić information content (AvgIpc) is 4.28. The lowest BCUT2D eigenvalue weighted by atomic mass is 9.97. The van der Waals surface area contributed by atoms with Gasteiger partial charge in [0.25, 0.3) is 0 Å². The molecule has 15 aromatic rings. The largest absolute Gasteiger partial charge is 0.456 e. The van der Waals surface area contributed by atoms with Crippen molar-refractivity contribution in [1.82, 2.24) is 19.1 Å². The highest BCUT2D eigenvalue weighted by molar-refractivity contribution is 6.06. The van der Waals surface area contributed by atoms with Crippen LogP contribution in [-0.2, 0) is 0 Å². The molecule has 0 amide bonds. The van der Waals surface area contributed by atoms with Gasteiger partial charge in [-0.05, 0) is 124 Å². The lowest BCUT2D eigenvalue weighted by Gasteiger charge is -2.26. The zero-order valence-electron chi connectivity index (χ0n) is 43.4. The summed E-state index contributed by atoms with van der Waals surface area (Å²) >= 11 is 0. The second-order valence-corrected chi connectivity index (χ2v) is 20.2. The molecule has 0 aliphatic rings. The summed E-state index contributed by atoms with van der Waals surface area (Å²) in [4.78, 5) is 13.1. The van der Waals surface area contributed by atoms with Crippen LogP contribution in [0.1, 0.15) is 0 Å². The maximum absolute atomic E-state index is 6.49. The minimum absolute atomic E-state index is 0.842. The van der Waals surface area contributed by atoms with Gasteiger partial charge in [0, 0.05) is 67.5 Å². The van der Waals surface area contributed by atoms with Gasteiger partial charge in [-0.3, -0.25) is 9.13 Å². The molecule has 12 aromatic carbocycles. The van der Waals surface area contributed by atoms with Gasteiger partial charge in [0.15, 0.2) is 0 Å². The van der Waals surface area contributed by atoms with Gasteiger partial charge in [-0.15, -0.1) is 0 Å². The number of para-hydroxylation sites is 5. The predicted molar refractivity (Wildman–Crippen MR) is 330 cm³/mol. The monoisotopic (exact) mass is 1020 g/mol. The fraction of sp³-hybridized carbons (Fsp3) is 0. The molecule has 0 bridgehead atoms.